The van der Waals surface area contributed by atoms with E-state index in [4.69, 9.17) is 37.0 Å². The van der Waals surface area contributed by atoms with E-state index in [1.807, 2.05) is 0 Å². The quantitative estimate of drug-likeness (QED) is 0.0169. The molecule has 110 heavy (non-hydrogen) atoms. The molecule has 6 atom stereocenters. The zero-order valence-electron chi connectivity index (χ0n) is 72.1. The topological polar surface area (TPSA) is 237 Å². The van der Waals surface area contributed by atoms with Crippen LogP contribution in [0, 0.1) is 11.8 Å². The van der Waals surface area contributed by atoms with Crippen molar-refractivity contribution in [3.63, 3.8) is 0 Å². The van der Waals surface area contributed by atoms with Crippen LogP contribution in [-0.4, -0.2) is 96.7 Å². The van der Waals surface area contributed by atoms with E-state index < -0.39 is 97.5 Å². The Hall–Kier alpha value is -2.46. The number of aliphatic hydroxyl groups is 1. The van der Waals surface area contributed by atoms with Crippen LogP contribution < -0.4 is 0 Å². The summed E-state index contributed by atoms with van der Waals surface area (Å²) < 4.78 is 69.0. The summed E-state index contributed by atoms with van der Waals surface area (Å²) in [6.45, 7) is 9.74. The molecule has 3 N–H and O–H groups in total. The number of ether oxygens (including phenoxy) is 4. The zero-order chi connectivity index (χ0) is 80.6. The first kappa shape index (κ1) is 108. The zero-order valence-corrected chi connectivity index (χ0v) is 73.8. The van der Waals surface area contributed by atoms with E-state index in [0.29, 0.717) is 25.7 Å². The molecule has 0 rings (SSSR count). The highest BCUT2D eigenvalue weighted by Gasteiger charge is 2.31. The fraction of sp³-hybridized carbons (Fsp3) is 0.912. The molecule has 0 aliphatic rings. The molecule has 3 unspecified atom stereocenters. The van der Waals surface area contributed by atoms with Gasteiger partial charge in [-0.15, -0.1) is 0 Å². The molecule has 0 aliphatic carbocycles. The van der Waals surface area contributed by atoms with Gasteiger partial charge >= 0.3 is 39.5 Å². The lowest BCUT2D eigenvalue weighted by Gasteiger charge is -2.21. The number of phosphoric ester groups is 2. The summed E-state index contributed by atoms with van der Waals surface area (Å²) in [6.07, 6.45) is 78.5. The molecule has 0 spiro atoms. The monoisotopic (exact) mass is 1600 g/mol. The number of hydrogen-bond acceptors (Lipinski definition) is 15. The van der Waals surface area contributed by atoms with E-state index in [1.165, 1.54) is 270 Å². The second kappa shape index (κ2) is 81.7. The number of carbonyl (C=O) groups excluding carboxylic acids is 4. The van der Waals surface area contributed by atoms with Gasteiger partial charge in [0.2, 0.25) is 0 Å². The lowest BCUT2D eigenvalue weighted by Crippen LogP contribution is -2.30. The first-order valence-corrected chi connectivity index (χ1v) is 49.3. The normalized spacial score (nSPS) is 14.1. The van der Waals surface area contributed by atoms with Crippen LogP contribution >= 0.6 is 15.6 Å². The van der Waals surface area contributed by atoms with Crippen LogP contribution in [0.4, 0.5) is 0 Å². The van der Waals surface area contributed by atoms with Gasteiger partial charge in [-0.25, -0.2) is 9.13 Å². The summed E-state index contributed by atoms with van der Waals surface area (Å²) >= 11 is 0. The predicted molar refractivity (Wildman–Crippen MR) is 455 cm³/mol. The van der Waals surface area contributed by atoms with Crippen molar-refractivity contribution in [2.45, 2.75) is 484 Å². The number of aliphatic hydroxyl groups excluding tert-OH is 1. The number of allylic oxidation sites excluding steroid dienone is 4. The molecule has 0 radical (unpaired) electrons. The second-order valence-corrected chi connectivity index (χ2v) is 35.6. The second-order valence-electron chi connectivity index (χ2n) is 32.7. The lowest BCUT2D eigenvalue weighted by atomic mass is 9.99. The Balaban J connectivity index is 5.26. The molecule has 0 aromatic heterocycles. The van der Waals surface area contributed by atoms with E-state index in [1.54, 1.807) is 0 Å². The lowest BCUT2D eigenvalue weighted by molar-refractivity contribution is -0.161. The van der Waals surface area contributed by atoms with Crippen LogP contribution in [0.2, 0.25) is 0 Å². The predicted octanol–water partition coefficient (Wildman–Crippen LogP) is 27.7. The van der Waals surface area contributed by atoms with Crippen LogP contribution in [0.3, 0.4) is 0 Å². The smallest absolute Gasteiger partial charge is 0.462 e. The minimum atomic E-state index is -4.97. The fourth-order valence-corrected chi connectivity index (χ4v) is 15.3. The standard InChI is InChI=1S/C91H174O17P2/c1-7-10-12-14-16-18-20-22-31-39-45-51-57-63-69-75-90(95)107-86(79-101-88(93)73-67-61-55-49-43-21-19-17-15-13-11-8-2)81-105-109(97,98)103-77-85(92)78-104-110(99,100)106-82-87(80-102-89(94)74-68-62-56-50-44-38-34-29-25-23-27-32-36-41-47-53-59-65-71-83(4)5)108-91(96)76-70-64-58-52-46-40-35-30-26-24-28-33-37-42-48-54-60-66-72-84(6)9-3/h18,20,22,31,83-87,92H,7-17,19,21,23-30,32-82H2,1-6H3,(H,97,98)(H,99,100)/b20-18-,31-22-/t84?,85-,86+,87+/m0/s1. The summed E-state index contributed by atoms with van der Waals surface area (Å²) in [5, 5.41) is 10.7. The molecular formula is C91H174O17P2. The van der Waals surface area contributed by atoms with Gasteiger partial charge < -0.3 is 33.8 Å². The number of hydrogen-bond donors (Lipinski definition) is 3. The van der Waals surface area contributed by atoms with Gasteiger partial charge in [-0.05, 0) is 63.2 Å². The fourth-order valence-electron chi connectivity index (χ4n) is 13.7. The highest BCUT2D eigenvalue weighted by molar-refractivity contribution is 7.47. The Kier molecular flexibility index (Phi) is 79.8. The van der Waals surface area contributed by atoms with E-state index in [2.05, 4.69) is 65.8 Å². The van der Waals surface area contributed by atoms with Crippen LogP contribution in [0.1, 0.15) is 465 Å². The summed E-state index contributed by atoms with van der Waals surface area (Å²) in [6, 6.07) is 0. The van der Waals surface area contributed by atoms with E-state index in [0.717, 1.165) is 115 Å². The van der Waals surface area contributed by atoms with Gasteiger partial charge in [0, 0.05) is 25.7 Å². The molecule has 0 saturated heterocycles. The largest absolute Gasteiger partial charge is 0.472 e. The van der Waals surface area contributed by atoms with Crippen molar-refractivity contribution >= 4 is 39.5 Å². The molecule has 17 nitrogen and oxygen atoms in total. The van der Waals surface area contributed by atoms with Crippen molar-refractivity contribution in [1.82, 2.24) is 0 Å². The minimum absolute atomic E-state index is 0.0857. The van der Waals surface area contributed by atoms with Gasteiger partial charge in [0.15, 0.2) is 12.2 Å². The van der Waals surface area contributed by atoms with Crippen LogP contribution in [-0.2, 0) is 65.4 Å². The molecule has 0 amide bonds. The first-order valence-electron chi connectivity index (χ1n) is 46.3. The summed E-state index contributed by atoms with van der Waals surface area (Å²) in [7, 11) is -9.95. The Bertz CT molecular complexity index is 2200. The molecule has 650 valence electrons. The molecule has 0 saturated carbocycles. The van der Waals surface area contributed by atoms with E-state index in [9.17, 15) is 43.2 Å². The molecule has 0 aromatic rings. The van der Waals surface area contributed by atoms with Crippen molar-refractivity contribution < 1.29 is 80.2 Å². The highest BCUT2D eigenvalue weighted by Crippen LogP contribution is 2.45. The van der Waals surface area contributed by atoms with Gasteiger partial charge in [-0.2, -0.15) is 0 Å². The van der Waals surface area contributed by atoms with Crippen LogP contribution in [0.15, 0.2) is 24.3 Å². The molecule has 19 heteroatoms. The van der Waals surface area contributed by atoms with Gasteiger partial charge in [0.1, 0.15) is 19.3 Å². The summed E-state index contributed by atoms with van der Waals surface area (Å²) in [4.78, 5) is 73.4. The Morgan fingerprint density at radius 1 is 0.300 bits per heavy atom. The maximum absolute atomic E-state index is 13.2. The van der Waals surface area contributed by atoms with E-state index in [-0.39, 0.29) is 25.7 Å². The highest BCUT2D eigenvalue weighted by atomic mass is 31.2. The van der Waals surface area contributed by atoms with E-state index >= 15 is 0 Å². The van der Waals surface area contributed by atoms with Crippen molar-refractivity contribution in [1.29, 1.82) is 0 Å². The average Bonchev–Trinajstić information content (AvgIpc) is 0.903. The molecule has 0 fully saturated rings. The summed E-state index contributed by atoms with van der Waals surface area (Å²) in [5.74, 6) is -0.434. The third-order valence-corrected chi connectivity index (χ3v) is 23.1. The number of carbonyl (C=O) groups is 4. The molecular weight excluding hydrogens is 1430 g/mol. The van der Waals surface area contributed by atoms with Gasteiger partial charge in [-0.3, -0.25) is 37.3 Å². The van der Waals surface area contributed by atoms with Crippen molar-refractivity contribution in [2.75, 3.05) is 39.6 Å². The Labute approximate surface area is 675 Å². The number of phosphoric acid groups is 2. The Morgan fingerprint density at radius 2 is 0.536 bits per heavy atom. The SMILES string of the molecule is CCCCCC/C=C\C=C/CCCCCCCC(=O)O[C@H](COC(=O)CCCCCCCCCCCCCC)COP(=O)(O)OC[C@H](O)COP(=O)(O)OC[C@@H](COC(=O)CCCCCCCCCCCCCCCCCCCCC(C)C)OC(=O)CCCCCCCCCCCCCCCCCCCCC(C)CC. The third-order valence-electron chi connectivity index (χ3n) is 21.2. The van der Waals surface area contributed by atoms with Gasteiger partial charge in [-0.1, -0.05) is 413 Å². The molecule has 0 bridgehead atoms. The van der Waals surface area contributed by atoms with Crippen LogP contribution in [0.5, 0.6) is 0 Å². The Morgan fingerprint density at radius 3 is 0.818 bits per heavy atom. The summed E-state index contributed by atoms with van der Waals surface area (Å²) in [5.41, 5.74) is 0. The van der Waals surface area contributed by atoms with Crippen LogP contribution in [0.25, 0.3) is 0 Å². The number of rotatable bonds is 88. The minimum Gasteiger partial charge on any atom is -0.462 e. The van der Waals surface area contributed by atoms with Crippen molar-refractivity contribution in [3.05, 3.63) is 24.3 Å². The van der Waals surface area contributed by atoms with Crippen molar-refractivity contribution in [3.8, 4) is 0 Å². The molecule has 0 aliphatic heterocycles. The molecule has 0 heterocycles. The van der Waals surface area contributed by atoms with Gasteiger partial charge in [0.25, 0.3) is 0 Å². The molecule has 0 aromatic carbocycles. The average molecular weight is 1600 g/mol. The number of esters is 4. The maximum atomic E-state index is 13.2. The van der Waals surface area contributed by atoms with Gasteiger partial charge in [0.05, 0.1) is 26.4 Å². The first-order chi connectivity index (χ1) is 53.4. The third kappa shape index (κ3) is 82.1. The van der Waals surface area contributed by atoms with Crippen molar-refractivity contribution in [2.24, 2.45) is 11.8 Å². The number of unbranched alkanes of at least 4 members (excludes halogenated alkanes) is 54. The maximum Gasteiger partial charge on any atom is 0.472 e.